The summed E-state index contributed by atoms with van der Waals surface area (Å²) in [5.74, 6) is 0.550. The maximum atomic E-state index is 10.9. The molecule has 0 aliphatic heterocycles. The van der Waals surface area contributed by atoms with Gasteiger partial charge in [-0.15, -0.1) is 0 Å². The second-order valence-corrected chi connectivity index (χ2v) is 5.86. The van der Waals surface area contributed by atoms with E-state index in [1.807, 2.05) is 20.8 Å². The molecule has 86 valence electrons. The Hall–Kier alpha value is -0.850. The smallest absolute Gasteiger partial charge is 0.271 e. The number of nitrogens with one attached hydrogen (secondary N) is 1. The van der Waals surface area contributed by atoms with Crippen LogP contribution in [0.3, 0.4) is 0 Å². The number of rotatable bonds is 3. The molecule has 15 heavy (non-hydrogen) atoms. The van der Waals surface area contributed by atoms with Crippen molar-refractivity contribution >= 4 is 10.0 Å². The van der Waals surface area contributed by atoms with Gasteiger partial charge >= 0.3 is 0 Å². The van der Waals surface area contributed by atoms with Crippen molar-refractivity contribution in [3.05, 3.63) is 17.9 Å². The lowest BCUT2D eigenvalue weighted by atomic mass is 10.1. The molecule has 0 radical (unpaired) electrons. The van der Waals surface area contributed by atoms with Crippen molar-refractivity contribution in [2.45, 2.75) is 37.9 Å². The normalized spacial score (nSPS) is 13.1. The Morgan fingerprint density at radius 1 is 1.40 bits per heavy atom. The summed E-state index contributed by atoms with van der Waals surface area (Å²) in [7, 11) is -3.73. The predicted molar refractivity (Wildman–Crippen MR) is 56.7 cm³/mol. The van der Waals surface area contributed by atoms with Crippen LogP contribution in [0.5, 0.6) is 0 Å². The average Bonchev–Trinajstić information content (AvgIpc) is 2.45. The average molecular weight is 232 g/mol. The minimum Gasteiger partial charge on any atom is -0.447 e. The van der Waals surface area contributed by atoms with Gasteiger partial charge in [0.25, 0.3) is 10.0 Å². The summed E-state index contributed by atoms with van der Waals surface area (Å²) in [5.41, 5.74) is -0.0471. The van der Waals surface area contributed by atoms with Crippen LogP contribution in [0.1, 0.15) is 26.5 Å². The van der Waals surface area contributed by atoms with Gasteiger partial charge in [-0.2, -0.15) is 0 Å². The predicted octanol–water partition coefficient (Wildman–Crippen LogP) is 0.815. The Balaban J connectivity index is 2.70. The number of sulfonamides is 1. The summed E-state index contributed by atoms with van der Waals surface area (Å²) in [6.07, 6.45) is 0. The van der Waals surface area contributed by atoms with E-state index in [1.165, 1.54) is 6.07 Å². The molecular weight excluding hydrogens is 216 g/mol. The monoisotopic (exact) mass is 232 g/mol. The molecule has 3 N–H and O–H groups in total. The van der Waals surface area contributed by atoms with Crippen molar-refractivity contribution in [1.29, 1.82) is 0 Å². The van der Waals surface area contributed by atoms with Crippen molar-refractivity contribution in [1.82, 2.24) is 5.32 Å². The maximum Gasteiger partial charge on any atom is 0.271 e. The molecule has 0 bridgehead atoms. The van der Waals surface area contributed by atoms with E-state index in [-0.39, 0.29) is 10.6 Å². The third-order valence-corrected chi connectivity index (χ3v) is 2.49. The van der Waals surface area contributed by atoms with Crippen molar-refractivity contribution in [3.8, 4) is 0 Å². The maximum absolute atomic E-state index is 10.9. The Morgan fingerprint density at radius 2 is 2.00 bits per heavy atom. The van der Waals surface area contributed by atoms with Crippen LogP contribution in [-0.2, 0) is 16.6 Å². The fourth-order valence-corrected chi connectivity index (χ4v) is 1.44. The van der Waals surface area contributed by atoms with Gasteiger partial charge in [0.15, 0.2) is 0 Å². The summed E-state index contributed by atoms with van der Waals surface area (Å²) in [6.45, 7) is 6.50. The number of primary sulfonamides is 1. The lowest BCUT2D eigenvalue weighted by Gasteiger charge is -2.19. The van der Waals surface area contributed by atoms with E-state index in [2.05, 4.69) is 5.32 Å². The minimum absolute atomic E-state index is 0.0471. The van der Waals surface area contributed by atoms with E-state index in [0.717, 1.165) is 0 Å². The summed E-state index contributed by atoms with van der Waals surface area (Å²) >= 11 is 0. The van der Waals surface area contributed by atoms with Crippen LogP contribution in [-0.4, -0.2) is 14.0 Å². The third-order valence-electron chi connectivity index (χ3n) is 1.71. The minimum atomic E-state index is -3.73. The second kappa shape index (κ2) is 3.96. The lowest BCUT2D eigenvalue weighted by molar-refractivity contribution is 0.360. The van der Waals surface area contributed by atoms with Gasteiger partial charge < -0.3 is 9.73 Å². The zero-order valence-corrected chi connectivity index (χ0v) is 9.89. The Labute approximate surface area is 89.7 Å². The highest BCUT2D eigenvalue weighted by molar-refractivity contribution is 7.89. The fraction of sp³-hybridized carbons (Fsp3) is 0.556. The quantitative estimate of drug-likeness (QED) is 0.807. The van der Waals surface area contributed by atoms with Crippen LogP contribution in [0.2, 0.25) is 0 Å². The zero-order valence-electron chi connectivity index (χ0n) is 9.07. The van der Waals surface area contributed by atoms with Crippen molar-refractivity contribution in [3.63, 3.8) is 0 Å². The molecule has 5 nitrogen and oxygen atoms in total. The first kappa shape index (κ1) is 12.2. The van der Waals surface area contributed by atoms with Crippen molar-refractivity contribution in [2.75, 3.05) is 0 Å². The molecule has 0 fully saturated rings. The molecule has 0 spiro atoms. The molecule has 0 unspecified atom stereocenters. The molecule has 0 aliphatic rings. The van der Waals surface area contributed by atoms with E-state index in [0.29, 0.717) is 12.3 Å². The zero-order chi connectivity index (χ0) is 11.7. The first-order valence-corrected chi connectivity index (χ1v) is 6.10. The van der Waals surface area contributed by atoms with Gasteiger partial charge in [-0.1, -0.05) is 0 Å². The summed E-state index contributed by atoms with van der Waals surface area (Å²) < 4.78 is 26.9. The standard InChI is InChI=1S/C9H16N2O3S/c1-9(2,3)11-6-7-4-5-8(14-7)15(10,12)13/h4-5,11H,6H2,1-3H3,(H2,10,12,13). The van der Waals surface area contributed by atoms with Crippen molar-refractivity contribution in [2.24, 2.45) is 5.14 Å². The molecule has 0 saturated heterocycles. The molecule has 0 saturated carbocycles. The molecule has 1 aromatic rings. The molecule has 6 heteroatoms. The van der Waals surface area contributed by atoms with Gasteiger partial charge in [0, 0.05) is 5.54 Å². The Kier molecular flexibility index (Phi) is 3.22. The molecule has 1 heterocycles. The van der Waals surface area contributed by atoms with Gasteiger partial charge in [0.2, 0.25) is 5.09 Å². The molecule has 0 atom stereocenters. The van der Waals surface area contributed by atoms with Crippen LogP contribution in [0.25, 0.3) is 0 Å². The van der Waals surface area contributed by atoms with Crippen LogP contribution < -0.4 is 10.5 Å². The van der Waals surface area contributed by atoms with E-state index < -0.39 is 10.0 Å². The van der Waals surface area contributed by atoms with Gasteiger partial charge in [-0.3, -0.25) is 0 Å². The Bertz CT molecular complexity index is 428. The van der Waals surface area contributed by atoms with Crippen LogP contribution in [0, 0.1) is 0 Å². The first-order valence-electron chi connectivity index (χ1n) is 4.55. The third kappa shape index (κ3) is 4.03. The molecule has 1 rings (SSSR count). The number of hydrogen-bond acceptors (Lipinski definition) is 4. The van der Waals surface area contributed by atoms with Crippen molar-refractivity contribution < 1.29 is 12.8 Å². The summed E-state index contributed by atoms with van der Waals surface area (Å²) in [5, 5.41) is 7.88. The fourth-order valence-electron chi connectivity index (χ4n) is 0.958. The van der Waals surface area contributed by atoms with Gasteiger partial charge in [-0.25, -0.2) is 13.6 Å². The summed E-state index contributed by atoms with van der Waals surface area (Å²) in [6, 6.07) is 2.95. The number of nitrogens with two attached hydrogens (primary N) is 1. The number of furan rings is 1. The van der Waals surface area contributed by atoms with Gasteiger partial charge in [-0.05, 0) is 32.9 Å². The summed E-state index contributed by atoms with van der Waals surface area (Å²) in [4.78, 5) is 0. The van der Waals surface area contributed by atoms with Crippen LogP contribution >= 0.6 is 0 Å². The highest BCUT2D eigenvalue weighted by Gasteiger charge is 2.14. The topological polar surface area (TPSA) is 85.3 Å². The molecular formula is C9H16N2O3S. The van der Waals surface area contributed by atoms with Crippen LogP contribution in [0.15, 0.2) is 21.6 Å². The van der Waals surface area contributed by atoms with Crippen LogP contribution in [0.4, 0.5) is 0 Å². The first-order chi connectivity index (χ1) is 6.68. The number of hydrogen-bond donors (Lipinski definition) is 2. The molecule has 0 aliphatic carbocycles. The van der Waals surface area contributed by atoms with E-state index in [9.17, 15) is 8.42 Å². The Morgan fingerprint density at radius 3 is 2.40 bits per heavy atom. The molecule has 0 amide bonds. The van der Waals surface area contributed by atoms with E-state index in [1.54, 1.807) is 6.07 Å². The molecule has 1 aromatic heterocycles. The van der Waals surface area contributed by atoms with Gasteiger partial charge in [0.05, 0.1) is 6.54 Å². The van der Waals surface area contributed by atoms with Gasteiger partial charge in [0.1, 0.15) is 5.76 Å². The highest BCUT2D eigenvalue weighted by Crippen LogP contribution is 2.12. The molecule has 0 aromatic carbocycles. The van der Waals surface area contributed by atoms with E-state index >= 15 is 0 Å². The second-order valence-electron chi connectivity index (χ2n) is 4.37. The van der Waals surface area contributed by atoms with E-state index in [4.69, 9.17) is 9.56 Å². The lowest BCUT2D eigenvalue weighted by Crippen LogP contribution is -2.34. The largest absolute Gasteiger partial charge is 0.447 e. The highest BCUT2D eigenvalue weighted by atomic mass is 32.2. The SMILES string of the molecule is CC(C)(C)NCc1ccc(S(N)(=O)=O)o1.